The van der Waals surface area contributed by atoms with Gasteiger partial charge >= 0.3 is 8.24 Å². The molecule has 0 saturated heterocycles. The highest BCUT2D eigenvalue weighted by Gasteiger charge is 2.27. The van der Waals surface area contributed by atoms with Crippen molar-refractivity contribution in [2.45, 2.75) is 41.5 Å². The summed E-state index contributed by atoms with van der Waals surface area (Å²) in [7, 11) is -2.85. The molecule has 1 heterocycles. The average molecular weight is 753 g/mol. The lowest BCUT2D eigenvalue weighted by Crippen LogP contribution is -2.25. The van der Waals surface area contributed by atoms with Crippen LogP contribution in [0.3, 0.4) is 0 Å². The van der Waals surface area contributed by atoms with Crippen molar-refractivity contribution in [2.75, 3.05) is 0 Å². The summed E-state index contributed by atoms with van der Waals surface area (Å²) in [5, 5.41) is 10.5. The van der Waals surface area contributed by atoms with E-state index in [1.165, 1.54) is 49.3 Å². The zero-order valence-electron chi connectivity index (χ0n) is 32.0. The van der Waals surface area contributed by atoms with Crippen LogP contribution in [0.2, 0.25) is 0 Å². The van der Waals surface area contributed by atoms with Crippen molar-refractivity contribution < 1.29 is 12.9 Å². The Morgan fingerprint density at radius 2 is 0.909 bits per heavy atom. The van der Waals surface area contributed by atoms with E-state index in [0.717, 1.165) is 60.4 Å². The molecule has 55 heavy (non-hydrogen) atoms. The Kier molecular flexibility index (Phi) is 9.10. The maximum Gasteiger partial charge on any atom is 0.453 e. The van der Waals surface area contributed by atoms with Crippen molar-refractivity contribution in [3.05, 3.63) is 179 Å². The molecule has 0 unspecified atom stereocenters. The van der Waals surface area contributed by atoms with Gasteiger partial charge in [-0.2, -0.15) is 0 Å². The van der Waals surface area contributed by atoms with Gasteiger partial charge in [-0.25, -0.2) is 0 Å². The van der Waals surface area contributed by atoms with Crippen LogP contribution in [0, 0.1) is 41.5 Å². The third-order valence-corrected chi connectivity index (χ3v) is 15.0. The van der Waals surface area contributed by atoms with Crippen LogP contribution in [-0.2, 0) is 0 Å². The van der Waals surface area contributed by atoms with Gasteiger partial charge in [0.25, 0.3) is 0 Å². The van der Waals surface area contributed by atoms with Gasteiger partial charge < -0.3 is 12.9 Å². The van der Waals surface area contributed by atoms with Crippen molar-refractivity contribution in [2.24, 2.45) is 0 Å². The van der Waals surface area contributed by atoms with Gasteiger partial charge in [0.05, 0.1) is 0 Å². The smallest absolute Gasteiger partial charge is 0.390 e. The van der Waals surface area contributed by atoms with Crippen LogP contribution in [-0.4, -0.2) is 0 Å². The SMILES string of the molecule is Cc1cc(-c2cc(C)c(C)c(C)c2P(c2ccccc2)c2ccccc2)c(Op2oc3ccc4ccccc4c3c3c(ccc4ccccc43)o2)c(C)c1C. The summed E-state index contributed by atoms with van der Waals surface area (Å²) in [6.07, 6.45) is 0. The Bertz CT molecular complexity index is 2830. The van der Waals surface area contributed by atoms with Gasteiger partial charge in [0.2, 0.25) is 0 Å². The maximum absolute atomic E-state index is 7.21. The minimum Gasteiger partial charge on any atom is -0.390 e. The Balaban J connectivity index is 1.34. The van der Waals surface area contributed by atoms with E-state index in [0.29, 0.717) is 0 Å². The van der Waals surface area contributed by atoms with E-state index in [2.05, 4.69) is 187 Å². The molecule has 0 bridgehead atoms. The largest absolute Gasteiger partial charge is 0.453 e. The molecule has 0 atom stereocenters. The molecular weight excluding hydrogens is 710 g/mol. The standard InChI is InChI=1S/C50H42O3P2/c1-31-29-43(44-30-32(2)34(4)36(6)50(44)54(39-19-9-7-10-20-39)40-21-11-8-12-22-40)49(35(5)33(31)3)53-55-51-45-27-25-37-17-13-15-23-41(37)47(45)48-42-24-16-14-18-38(42)26-28-46(48)52-55/h7-30H,1-6H3. The molecule has 0 radical (unpaired) electrons. The van der Waals surface area contributed by atoms with E-state index in [1.807, 2.05) is 0 Å². The molecule has 0 amide bonds. The Morgan fingerprint density at radius 1 is 0.455 bits per heavy atom. The molecule has 9 rings (SSSR count). The van der Waals surface area contributed by atoms with E-state index >= 15 is 0 Å². The first kappa shape index (κ1) is 35.1. The van der Waals surface area contributed by atoms with Crippen molar-refractivity contribution in [1.82, 2.24) is 0 Å². The highest BCUT2D eigenvalue weighted by atomic mass is 31.1. The monoisotopic (exact) mass is 752 g/mol. The summed E-state index contributed by atoms with van der Waals surface area (Å²) in [6.45, 7) is 13.3. The molecule has 0 N–H and O–H groups in total. The van der Waals surface area contributed by atoms with Crippen LogP contribution in [0.1, 0.15) is 33.4 Å². The third-order valence-electron chi connectivity index (χ3n) is 11.3. The van der Waals surface area contributed by atoms with E-state index in [9.17, 15) is 0 Å². The summed E-state index contributed by atoms with van der Waals surface area (Å²) < 4.78 is 21.1. The summed E-state index contributed by atoms with van der Waals surface area (Å²) in [5.74, 6) is 0.792. The zero-order chi connectivity index (χ0) is 37.8. The van der Waals surface area contributed by atoms with Gasteiger partial charge in [-0.1, -0.05) is 127 Å². The van der Waals surface area contributed by atoms with E-state index in [1.54, 1.807) is 0 Å². The van der Waals surface area contributed by atoms with Crippen LogP contribution in [0.4, 0.5) is 0 Å². The summed E-state index contributed by atoms with van der Waals surface area (Å²) >= 11 is 0. The fourth-order valence-corrected chi connectivity index (χ4v) is 11.8. The topological polar surface area (TPSA) is 35.5 Å². The highest BCUT2D eigenvalue weighted by molar-refractivity contribution is 7.80. The Hall–Kier alpha value is -5.59. The van der Waals surface area contributed by atoms with E-state index in [-0.39, 0.29) is 0 Å². The number of rotatable bonds is 6. The van der Waals surface area contributed by atoms with Gasteiger partial charge in [-0.05, 0) is 144 Å². The van der Waals surface area contributed by atoms with E-state index < -0.39 is 16.2 Å². The molecule has 3 nitrogen and oxygen atoms in total. The van der Waals surface area contributed by atoms with Gasteiger partial charge in [-0.3, -0.25) is 0 Å². The van der Waals surface area contributed by atoms with Gasteiger partial charge in [-0.15, -0.1) is 0 Å². The summed E-state index contributed by atoms with van der Waals surface area (Å²) in [4.78, 5) is 0. The minimum atomic E-state index is -1.93. The first-order chi connectivity index (χ1) is 26.8. The second-order valence-electron chi connectivity index (χ2n) is 14.5. The highest BCUT2D eigenvalue weighted by Crippen LogP contribution is 2.48. The number of hydrogen-bond acceptors (Lipinski definition) is 3. The first-order valence-corrected chi connectivity index (χ1v) is 21.2. The first-order valence-electron chi connectivity index (χ1n) is 18.8. The molecule has 0 aliphatic rings. The number of hydrogen-bond donors (Lipinski definition) is 0. The quantitative estimate of drug-likeness (QED) is 0.159. The molecule has 8 aromatic carbocycles. The van der Waals surface area contributed by atoms with Crippen LogP contribution in [0.25, 0.3) is 54.6 Å². The zero-order valence-corrected chi connectivity index (χ0v) is 33.8. The Morgan fingerprint density at radius 3 is 1.44 bits per heavy atom. The number of benzene rings is 8. The van der Waals surface area contributed by atoms with Crippen molar-refractivity contribution in [3.63, 3.8) is 0 Å². The fourth-order valence-electron chi connectivity index (χ4n) is 7.96. The van der Waals surface area contributed by atoms with Crippen LogP contribution in [0.5, 0.6) is 5.75 Å². The lowest BCUT2D eigenvalue weighted by atomic mass is 9.91. The fraction of sp³-hybridized carbons (Fsp3) is 0.120. The predicted molar refractivity (Wildman–Crippen MR) is 236 cm³/mol. The molecule has 270 valence electrons. The molecular formula is C50H42O3P2. The molecule has 1 aromatic heterocycles. The summed E-state index contributed by atoms with van der Waals surface area (Å²) in [5.41, 5.74) is 11.1. The normalized spacial score (nSPS) is 11.6. The second-order valence-corrected chi connectivity index (χ2v) is 17.6. The Labute approximate surface area is 324 Å². The molecule has 0 saturated carbocycles. The molecule has 0 aliphatic carbocycles. The molecule has 9 aromatic rings. The number of fused-ring (bicyclic) bond motifs is 7. The van der Waals surface area contributed by atoms with Crippen molar-refractivity contribution in [1.29, 1.82) is 0 Å². The maximum atomic E-state index is 7.21. The van der Waals surface area contributed by atoms with Crippen LogP contribution < -0.4 is 20.4 Å². The van der Waals surface area contributed by atoms with Gasteiger partial charge in [0, 0.05) is 16.3 Å². The van der Waals surface area contributed by atoms with Gasteiger partial charge in [0.15, 0.2) is 0 Å². The van der Waals surface area contributed by atoms with Crippen LogP contribution >= 0.6 is 16.2 Å². The van der Waals surface area contributed by atoms with Crippen molar-refractivity contribution in [3.8, 4) is 16.9 Å². The van der Waals surface area contributed by atoms with E-state index in [4.69, 9.17) is 12.9 Å². The molecule has 0 aliphatic heterocycles. The molecule has 5 heteroatoms. The predicted octanol–water partition coefficient (Wildman–Crippen LogP) is 13.7. The lowest BCUT2D eigenvalue weighted by molar-refractivity contribution is 0.496. The van der Waals surface area contributed by atoms with Gasteiger partial charge in [0.1, 0.15) is 16.9 Å². The molecule has 0 fully saturated rings. The van der Waals surface area contributed by atoms with Crippen molar-refractivity contribution >= 4 is 75.6 Å². The molecule has 0 spiro atoms. The third kappa shape index (κ3) is 6.13. The lowest BCUT2D eigenvalue weighted by Gasteiger charge is -2.28. The number of aryl methyl sites for hydroxylation is 2. The summed E-state index contributed by atoms with van der Waals surface area (Å²) in [6, 6.07) is 52.0. The van der Waals surface area contributed by atoms with Crippen LogP contribution in [0.15, 0.2) is 154 Å². The minimum absolute atomic E-state index is 0.752. The second kappa shape index (κ2) is 14.2. The average Bonchev–Trinajstić information content (AvgIpc) is 3.38.